The Morgan fingerprint density at radius 3 is 2.94 bits per heavy atom. The van der Waals surface area contributed by atoms with Gasteiger partial charge in [-0.3, -0.25) is 0 Å². The Bertz CT molecular complexity index is 666. The third-order valence-electron chi connectivity index (χ3n) is 2.75. The van der Waals surface area contributed by atoms with Crippen molar-refractivity contribution in [1.29, 1.82) is 0 Å². The number of H-pyrrole nitrogens is 1. The smallest absolute Gasteiger partial charge is 0.104 e. The fraction of sp³-hybridized carbons (Fsp3) is 0.231. The molecule has 0 spiro atoms. The summed E-state index contributed by atoms with van der Waals surface area (Å²) in [6.07, 6.45) is 0.996. The number of nitrogens with zero attached hydrogens (tertiary/aromatic N) is 2. The highest BCUT2D eigenvalue weighted by Gasteiger charge is 2.06. The maximum absolute atomic E-state index is 4.60. The topological polar surface area (TPSA) is 41.6 Å². The summed E-state index contributed by atoms with van der Waals surface area (Å²) in [4.78, 5) is 12.2. The summed E-state index contributed by atoms with van der Waals surface area (Å²) in [5.74, 6) is 0.949. The van der Waals surface area contributed by atoms with Crippen molar-refractivity contribution < 1.29 is 0 Å². The second kappa shape index (κ2) is 3.96. The Morgan fingerprint density at radius 2 is 2.18 bits per heavy atom. The van der Waals surface area contributed by atoms with E-state index in [-0.39, 0.29) is 0 Å². The molecule has 1 N–H and O–H groups in total. The van der Waals surface area contributed by atoms with Crippen molar-refractivity contribution in [2.24, 2.45) is 0 Å². The van der Waals surface area contributed by atoms with E-state index in [0.717, 1.165) is 34.5 Å². The van der Waals surface area contributed by atoms with E-state index < -0.39 is 0 Å². The molecule has 0 unspecified atom stereocenters. The Labute approximate surface area is 104 Å². The van der Waals surface area contributed by atoms with E-state index in [4.69, 9.17) is 0 Å². The quantitative estimate of drug-likeness (QED) is 0.747. The van der Waals surface area contributed by atoms with Crippen molar-refractivity contribution in [3.8, 4) is 11.3 Å². The normalized spacial score (nSPS) is 11.2. The first kappa shape index (κ1) is 10.5. The van der Waals surface area contributed by atoms with Crippen LogP contribution in [0.2, 0.25) is 0 Å². The lowest BCUT2D eigenvalue weighted by molar-refractivity contribution is 1.10. The standard InChI is InChI=1S/C13H13N3S/c1-3-13-16-12(7-17-13)9-4-5-10-11(6-9)15-8(2)14-10/h4-7H,3H2,1-2H3,(H,14,15). The molecule has 1 aromatic carbocycles. The molecule has 0 aliphatic carbocycles. The van der Waals surface area contributed by atoms with Crippen molar-refractivity contribution in [2.45, 2.75) is 20.3 Å². The number of imidazole rings is 1. The molecule has 0 radical (unpaired) electrons. The summed E-state index contributed by atoms with van der Waals surface area (Å²) in [5, 5.41) is 3.30. The predicted molar refractivity (Wildman–Crippen MR) is 71.3 cm³/mol. The number of hydrogen-bond donors (Lipinski definition) is 1. The van der Waals surface area contributed by atoms with Gasteiger partial charge in [-0.1, -0.05) is 13.0 Å². The van der Waals surface area contributed by atoms with Crippen LogP contribution < -0.4 is 0 Å². The Kier molecular flexibility index (Phi) is 2.44. The number of fused-ring (bicyclic) bond motifs is 1. The van der Waals surface area contributed by atoms with Gasteiger partial charge in [0.2, 0.25) is 0 Å². The molecule has 0 fully saturated rings. The van der Waals surface area contributed by atoms with E-state index >= 15 is 0 Å². The molecule has 2 aromatic heterocycles. The second-order valence-electron chi connectivity index (χ2n) is 4.03. The first-order valence-electron chi connectivity index (χ1n) is 5.67. The zero-order valence-corrected chi connectivity index (χ0v) is 10.6. The highest BCUT2D eigenvalue weighted by molar-refractivity contribution is 7.09. The number of aryl methyl sites for hydroxylation is 2. The number of thiazole rings is 1. The highest BCUT2D eigenvalue weighted by atomic mass is 32.1. The van der Waals surface area contributed by atoms with Gasteiger partial charge in [0.15, 0.2) is 0 Å². The summed E-state index contributed by atoms with van der Waals surface area (Å²) in [6.45, 7) is 4.10. The first-order chi connectivity index (χ1) is 8.26. The average molecular weight is 243 g/mol. The molecule has 0 aliphatic rings. The van der Waals surface area contributed by atoms with Gasteiger partial charge in [-0.15, -0.1) is 11.3 Å². The molecule has 4 heteroatoms. The lowest BCUT2D eigenvalue weighted by atomic mass is 10.1. The van der Waals surface area contributed by atoms with E-state index in [1.807, 2.05) is 13.0 Å². The van der Waals surface area contributed by atoms with Gasteiger partial charge in [-0.2, -0.15) is 0 Å². The fourth-order valence-electron chi connectivity index (χ4n) is 1.90. The molecular formula is C13H13N3S. The summed E-state index contributed by atoms with van der Waals surface area (Å²) in [6, 6.07) is 6.24. The second-order valence-corrected chi connectivity index (χ2v) is 4.98. The molecule has 0 atom stereocenters. The minimum Gasteiger partial charge on any atom is -0.342 e. The largest absolute Gasteiger partial charge is 0.342 e. The van der Waals surface area contributed by atoms with Crippen LogP contribution in [0.4, 0.5) is 0 Å². The Balaban J connectivity index is 2.10. The van der Waals surface area contributed by atoms with E-state index in [1.165, 1.54) is 5.01 Å². The van der Waals surface area contributed by atoms with Crippen LogP contribution in [0.25, 0.3) is 22.3 Å². The number of nitrogens with one attached hydrogen (secondary N) is 1. The minimum absolute atomic E-state index is 0.949. The SMILES string of the molecule is CCc1nc(-c2ccc3nc(C)[nH]c3c2)cs1. The van der Waals surface area contributed by atoms with Crippen molar-refractivity contribution in [3.05, 3.63) is 34.4 Å². The number of hydrogen-bond acceptors (Lipinski definition) is 3. The van der Waals surface area contributed by atoms with Crippen molar-refractivity contribution >= 4 is 22.4 Å². The molecule has 3 rings (SSSR count). The van der Waals surface area contributed by atoms with Crippen LogP contribution in [0.1, 0.15) is 17.8 Å². The molecule has 0 bridgehead atoms. The zero-order valence-electron chi connectivity index (χ0n) is 9.82. The number of aromatic nitrogens is 3. The molecule has 86 valence electrons. The summed E-state index contributed by atoms with van der Waals surface area (Å²) >= 11 is 1.72. The fourth-order valence-corrected chi connectivity index (χ4v) is 2.66. The number of benzene rings is 1. The van der Waals surface area contributed by atoms with Crippen LogP contribution in [0.3, 0.4) is 0 Å². The zero-order chi connectivity index (χ0) is 11.8. The summed E-state index contributed by atoms with van der Waals surface area (Å²) in [5.41, 5.74) is 4.29. The molecule has 17 heavy (non-hydrogen) atoms. The molecule has 0 aliphatic heterocycles. The molecule has 3 aromatic rings. The molecule has 0 saturated carbocycles. The lowest BCUT2D eigenvalue weighted by Crippen LogP contribution is -1.81. The van der Waals surface area contributed by atoms with Gasteiger partial charge in [0.05, 0.1) is 21.7 Å². The van der Waals surface area contributed by atoms with Crippen molar-refractivity contribution in [3.63, 3.8) is 0 Å². The third-order valence-corrected chi connectivity index (χ3v) is 3.74. The highest BCUT2D eigenvalue weighted by Crippen LogP contribution is 2.25. The van der Waals surface area contributed by atoms with Gasteiger partial charge < -0.3 is 4.98 Å². The monoisotopic (exact) mass is 243 g/mol. The van der Waals surface area contributed by atoms with E-state index in [2.05, 4.69) is 39.4 Å². The van der Waals surface area contributed by atoms with Gasteiger partial charge in [-0.25, -0.2) is 9.97 Å². The van der Waals surface area contributed by atoms with E-state index in [0.29, 0.717) is 0 Å². The lowest BCUT2D eigenvalue weighted by Gasteiger charge is -1.96. The molecular weight excluding hydrogens is 230 g/mol. The van der Waals surface area contributed by atoms with Gasteiger partial charge in [0, 0.05) is 10.9 Å². The van der Waals surface area contributed by atoms with Gasteiger partial charge >= 0.3 is 0 Å². The summed E-state index contributed by atoms with van der Waals surface area (Å²) < 4.78 is 0. The van der Waals surface area contributed by atoms with Crippen molar-refractivity contribution in [1.82, 2.24) is 15.0 Å². The molecule has 3 nitrogen and oxygen atoms in total. The number of rotatable bonds is 2. The first-order valence-corrected chi connectivity index (χ1v) is 6.55. The minimum atomic E-state index is 0.949. The van der Waals surface area contributed by atoms with E-state index in [1.54, 1.807) is 11.3 Å². The molecule has 0 amide bonds. The van der Waals surface area contributed by atoms with Gasteiger partial charge in [-0.05, 0) is 25.5 Å². The number of aromatic amines is 1. The van der Waals surface area contributed by atoms with Crippen LogP contribution in [0.15, 0.2) is 23.6 Å². The van der Waals surface area contributed by atoms with Gasteiger partial charge in [0.1, 0.15) is 5.82 Å². The predicted octanol–water partition coefficient (Wildman–Crippen LogP) is 3.56. The summed E-state index contributed by atoms with van der Waals surface area (Å²) in [7, 11) is 0. The molecule has 2 heterocycles. The van der Waals surface area contributed by atoms with Crippen LogP contribution in [-0.4, -0.2) is 15.0 Å². The third kappa shape index (κ3) is 1.85. The Hall–Kier alpha value is -1.68. The van der Waals surface area contributed by atoms with E-state index in [9.17, 15) is 0 Å². The van der Waals surface area contributed by atoms with Crippen molar-refractivity contribution in [2.75, 3.05) is 0 Å². The average Bonchev–Trinajstić information content (AvgIpc) is 2.92. The van der Waals surface area contributed by atoms with Crippen LogP contribution in [-0.2, 0) is 6.42 Å². The molecule has 0 saturated heterocycles. The van der Waals surface area contributed by atoms with Crippen LogP contribution in [0, 0.1) is 6.92 Å². The Morgan fingerprint density at radius 1 is 1.29 bits per heavy atom. The maximum Gasteiger partial charge on any atom is 0.104 e. The van der Waals surface area contributed by atoms with Crippen LogP contribution in [0.5, 0.6) is 0 Å². The maximum atomic E-state index is 4.60. The van der Waals surface area contributed by atoms with Gasteiger partial charge in [0.25, 0.3) is 0 Å². The van der Waals surface area contributed by atoms with Crippen LogP contribution >= 0.6 is 11.3 Å².